The number of nitro groups is 1. The lowest BCUT2D eigenvalue weighted by molar-refractivity contribution is -0.384. The molecule has 0 amide bonds. The van der Waals surface area contributed by atoms with Crippen molar-refractivity contribution in [3.8, 4) is 17.2 Å². The van der Waals surface area contributed by atoms with Gasteiger partial charge in [0.05, 0.1) is 4.92 Å². The first kappa shape index (κ1) is 18.7. The number of non-ortho nitro benzene ring substituents is 1. The predicted octanol–water partition coefficient (Wildman–Crippen LogP) is 4.78. The number of nitro benzene ring substituents is 1. The van der Waals surface area contributed by atoms with E-state index in [1.807, 2.05) is 26.0 Å². The number of rotatable bonds is 3. The van der Waals surface area contributed by atoms with Gasteiger partial charge in [0.25, 0.3) is 5.69 Å². The highest BCUT2D eigenvalue weighted by molar-refractivity contribution is 6.06. The molecule has 3 aromatic rings. The van der Waals surface area contributed by atoms with Crippen LogP contribution in [0.15, 0.2) is 48.5 Å². The number of phenolic OH excluding ortho intramolecular Hbond substituents is 1. The largest absolute Gasteiger partial charge is 0.506 e. The summed E-state index contributed by atoms with van der Waals surface area (Å²) in [5.41, 5.74) is 0.165. The van der Waals surface area contributed by atoms with Gasteiger partial charge >= 0.3 is 5.97 Å². The molecule has 1 heterocycles. The number of fused-ring (bicyclic) bond motifs is 3. The molecule has 0 spiro atoms. The van der Waals surface area contributed by atoms with E-state index in [0.29, 0.717) is 29.5 Å². The second kappa shape index (κ2) is 6.77. The summed E-state index contributed by atoms with van der Waals surface area (Å²) in [5.74, 6) is -0.166. The Balaban J connectivity index is 1.80. The van der Waals surface area contributed by atoms with Crippen LogP contribution in [0, 0.1) is 10.1 Å². The Kier molecular flexibility index (Phi) is 4.38. The van der Waals surface area contributed by atoms with Crippen LogP contribution in [-0.2, 0) is 6.42 Å². The van der Waals surface area contributed by atoms with Gasteiger partial charge in [-0.25, -0.2) is 4.79 Å². The maximum absolute atomic E-state index is 13.0. The Morgan fingerprint density at radius 2 is 1.79 bits per heavy atom. The van der Waals surface area contributed by atoms with E-state index in [2.05, 4.69) is 0 Å². The number of aromatic hydroxyl groups is 1. The van der Waals surface area contributed by atoms with Crippen LogP contribution >= 0.6 is 0 Å². The minimum Gasteiger partial charge on any atom is -0.506 e. The zero-order chi connectivity index (χ0) is 20.8. The standard InChI is InChI=1S/C22H19NO6/c1-22(2)12-11-17-18(19(24)15-5-3-4-6-16(15)20(17)29-22)21(25)28-14-9-7-13(8-10-14)23(26)27/h3-10,24H,11-12H2,1-2H3. The summed E-state index contributed by atoms with van der Waals surface area (Å²) in [6.07, 6.45) is 1.22. The molecule has 0 aromatic heterocycles. The average molecular weight is 393 g/mol. The molecule has 1 aliphatic heterocycles. The topological polar surface area (TPSA) is 98.9 Å². The highest BCUT2D eigenvalue weighted by Crippen LogP contribution is 2.45. The molecule has 0 saturated heterocycles. The third kappa shape index (κ3) is 3.35. The monoisotopic (exact) mass is 393 g/mol. The van der Waals surface area contributed by atoms with Crippen LogP contribution in [0.4, 0.5) is 5.69 Å². The lowest BCUT2D eigenvalue weighted by Crippen LogP contribution is -2.33. The van der Waals surface area contributed by atoms with E-state index in [-0.39, 0.29) is 22.7 Å². The number of benzene rings is 3. The van der Waals surface area contributed by atoms with E-state index in [1.54, 1.807) is 12.1 Å². The zero-order valence-corrected chi connectivity index (χ0v) is 16.0. The highest BCUT2D eigenvalue weighted by Gasteiger charge is 2.34. The summed E-state index contributed by atoms with van der Waals surface area (Å²) in [4.78, 5) is 23.2. The summed E-state index contributed by atoms with van der Waals surface area (Å²) in [6.45, 7) is 3.96. The molecule has 0 fully saturated rings. The lowest BCUT2D eigenvalue weighted by atomic mass is 9.88. The van der Waals surface area contributed by atoms with E-state index in [1.165, 1.54) is 24.3 Å². The average Bonchev–Trinajstić information content (AvgIpc) is 2.69. The molecule has 148 valence electrons. The number of phenols is 1. The van der Waals surface area contributed by atoms with Gasteiger partial charge in [0, 0.05) is 28.5 Å². The molecule has 1 aliphatic rings. The Labute approximate surface area is 166 Å². The predicted molar refractivity (Wildman–Crippen MR) is 107 cm³/mol. The van der Waals surface area contributed by atoms with Gasteiger partial charge in [-0.2, -0.15) is 0 Å². The molecule has 29 heavy (non-hydrogen) atoms. The Bertz CT molecular complexity index is 1130. The fraction of sp³-hybridized carbons (Fsp3) is 0.227. The van der Waals surface area contributed by atoms with Crippen LogP contribution in [-0.4, -0.2) is 21.6 Å². The minimum absolute atomic E-state index is 0.0625. The summed E-state index contributed by atoms with van der Waals surface area (Å²) >= 11 is 0. The number of hydrogen-bond donors (Lipinski definition) is 1. The van der Waals surface area contributed by atoms with E-state index in [4.69, 9.17) is 9.47 Å². The van der Waals surface area contributed by atoms with Gasteiger partial charge < -0.3 is 14.6 Å². The first-order valence-corrected chi connectivity index (χ1v) is 9.19. The van der Waals surface area contributed by atoms with Gasteiger partial charge in [-0.3, -0.25) is 10.1 Å². The first-order chi connectivity index (χ1) is 13.8. The van der Waals surface area contributed by atoms with Crippen LogP contribution in [0.3, 0.4) is 0 Å². The van der Waals surface area contributed by atoms with Gasteiger partial charge in [0.15, 0.2) is 0 Å². The summed E-state index contributed by atoms with van der Waals surface area (Å²) in [7, 11) is 0. The Morgan fingerprint density at radius 3 is 2.45 bits per heavy atom. The van der Waals surface area contributed by atoms with E-state index >= 15 is 0 Å². The molecule has 0 aliphatic carbocycles. The molecule has 7 nitrogen and oxygen atoms in total. The summed E-state index contributed by atoms with van der Waals surface area (Å²) < 4.78 is 11.6. The molecule has 0 unspecified atom stereocenters. The normalized spacial score (nSPS) is 14.7. The van der Waals surface area contributed by atoms with Crippen LogP contribution in [0.25, 0.3) is 10.8 Å². The van der Waals surface area contributed by atoms with E-state index < -0.39 is 16.5 Å². The lowest BCUT2D eigenvalue weighted by Gasteiger charge is -2.34. The quantitative estimate of drug-likeness (QED) is 0.298. The van der Waals surface area contributed by atoms with Crippen molar-refractivity contribution in [3.63, 3.8) is 0 Å². The molecule has 3 aromatic carbocycles. The molecule has 0 saturated carbocycles. The number of esters is 1. The summed E-state index contributed by atoms with van der Waals surface area (Å²) in [6, 6.07) is 12.4. The van der Waals surface area contributed by atoms with Crippen LogP contribution in [0.2, 0.25) is 0 Å². The van der Waals surface area contributed by atoms with Crippen molar-refractivity contribution in [2.45, 2.75) is 32.3 Å². The molecule has 0 bridgehead atoms. The number of nitrogens with zero attached hydrogens (tertiary/aromatic N) is 1. The zero-order valence-electron chi connectivity index (χ0n) is 16.0. The maximum atomic E-state index is 13.0. The van der Waals surface area contributed by atoms with Gasteiger partial charge in [-0.05, 0) is 38.8 Å². The first-order valence-electron chi connectivity index (χ1n) is 9.19. The SMILES string of the molecule is CC1(C)CCc2c(C(=O)Oc3ccc([N+](=O)[O-])cc3)c(O)c3ccccc3c2O1. The van der Waals surface area contributed by atoms with Gasteiger partial charge in [0.2, 0.25) is 0 Å². The molecule has 7 heteroatoms. The number of hydrogen-bond acceptors (Lipinski definition) is 6. The molecule has 1 N–H and O–H groups in total. The maximum Gasteiger partial charge on any atom is 0.347 e. The third-order valence-electron chi connectivity index (χ3n) is 5.06. The van der Waals surface area contributed by atoms with Crippen LogP contribution in [0.1, 0.15) is 36.2 Å². The Morgan fingerprint density at radius 1 is 1.14 bits per heavy atom. The summed E-state index contributed by atoms with van der Waals surface area (Å²) in [5, 5.41) is 22.9. The number of ether oxygens (including phenoxy) is 2. The van der Waals surface area contributed by atoms with Gasteiger partial charge in [-0.1, -0.05) is 24.3 Å². The number of carbonyl (C=O) groups is 1. The smallest absolute Gasteiger partial charge is 0.347 e. The molecule has 0 atom stereocenters. The van der Waals surface area contributed by atoms with Crippen LogP contribution in [0.5, 0.6) is 17.2 Å². The van der Waals surface area contributed by atoms with Crippen molar-refractivity contribution in [2.24, 2.45) is 0 Å². The molecular formula is C22H19NO6. The van der Waals surface area contributed by atoms with Gasteiger partial charge in [0.1, 0.15) is 28.4 Å². The molecule has 0 radical (unpaired) electrons. The molecule has 4 rings (SSSR count). The fourth-order valence-corrected chi connectivity index (χ4v) is 3.56. The van der Waals surface area contributed by atoms with Crippen molar-refractivity contribution in [3.05, 3.63) is 69.8 Å². The van der Waals surface area contributed by atoms with Crippen molar-refractivity contribution < 1.29 is 24.3 Å². The van der Waals surface area contributed by atoms with Crippen molar-refractivity contribution in [2.75, 3.05) is 0 Å². The van der Waals surface area contributed by atoms with E-state index in [9.17, 15) is 20.0 Å². The van der Waals surface area contributed by atoms with Crippen molar-refractivity contribution >= 4 is 22.4 Å². The third-order valence-corrected chi connectivity index (χ3v) is 5.06. The second-order valence-electron chi connectivity index (χ2n) is 7.58. The number of carbonyl (C=O) groups excluding carboxylic acids is 1. The second-order valence-corrected chi connectivity index (χ2v) is 7.58. The van der Waals surface area contributed by atoms with Crippen molar-refractivity contribution in [1.82, 2.24) is 0 Å². The fourth-order valence-electron chi connectivity index (χ4n) is 3.56. The highest BCUT2D eigenvalue weighted by atomic mass is 16.6. The minimum atomic E-state index is -0.735. The van der Waals surface area contributed by atoms with Crippen molar-refractivity contribution in [1.29, 1.82) is 0 Å². The Hall–Kier alpha value is -3.61. The molecular weight excluding hydrogens is 374 g/mol. The van der Waals surface area contributed by atoms with Gasteiger partial charge in [-0.15, -0.1) is 0 Å². The van der Waals surface area contributed by atoms with E-state index in [0.717, 1.165) is 5.39 Å². The van der Waals surface area contributed by atoms with Crippen LogP contribution < -0.4 is 9.47 Å².